The van der Waals surface area contributed by atoms with Gasteiger partial charge in [-0.2, -0.15) is 0 Å². The number of nitrogens with zero attached hydrogens (tertiary/aromatic N) is 1. The van der Waals surface area contributed by atoms with Gasteiger partial charge < -0.3 is 15.3 Å². The number of sulfone groups is 1. The Morgan fingerprint density at radius 1 is 1.24 bits per heavy atom. The van der Waals surface area contributed by atoms with E-state index in [0.717, 1.165) is 23.9 Å². The highest BCUT2D eigenvalue weighted by Gasteiger charge is 2.30. The molecule has 98 valence electrons. The fraction of sp³-hybridized carbons (Fsp3) is 0.600. The highest BCUT2D eigenvalue weighted by atomic mass is 35.5. The zero-order valence-corrected chi connectivity index (χ0v) is 11.0. The molecule has 0 aromatic carbocycles. The summed E-state index contributed by atoms with van der Waals surface area (Å²) in [5.74, 6) is 0. The molecule has 2 heterocycles. The minimum absolute atomic E-state index is 0. The summed E-state index contributed by atoms with van der Waals surface area (Å²) in [5, 5.41) is 15.7. The first kappa shape index (κ1) is 14.5. The molecule has 5 nitrogen and oxygen atoms in total. The highest BCUT2D eigenvalue weighted by Crippen LogP contribution is 2.21. The first-order valence-electron chi connectivity index (χ1n) is 5.30. The van der Waals surface area contributed by atoms with E-state index in [4.69, 9.17) is 0 Å². The van der Waals surface area contributed by atoms with Crippen LogP contribution in [0.4, 0.5) is 0 Å². The van der Waals surface area contributed by atoms with Crippen molar-refractivity contribution in [1.82, 2.24) is 10.2 Å². The average Bonchev–Trinajstić information content (AvgIpc) is 2.22. The van der Waals surface area contributed by atoms with Crippen LogP contribution >= 0.6 is 12.4 Å². The molecule has 0 aromatic heterocycles. The summed E-state index contributed by atoms with van der Waals surface area (Å²) in [6.45, 7) is 2.04. The van der Waals surface area contributed by atoms with Crippen LogP contribution in [0.3, 0.4) is 0 Å². The monoisotopic (exact) mass is 280 g/mol. The molecule has 2 aliphatic heterocycles. The molecule has 7 heteroatoms. The van der Waals surface area contributed by atoms with Gasteiger partial charge in [0.1, 0.15) is 0 Å². The van der Waals surface area contributed by atoms with Crippen LogP contribution < -0.4 is 5.32 Å². The number of β-amino-alcohol motifs (C(OH)–C–C–N with tert-alkyl or cyclic N) is 1. The van der Waals surface area contributed by atoms with Gasteiger partial charge in [0.25, 0.3) is 0 Å². The lowest BCUT2D eigenvalue weighted by atomic mass is 9.92. The van der Waals surface area contributed by atoms with Crippen molar-refractivity contribution in [1.29, 1.82) is 0 Å². The molecule has 0 unspecified atom stereocenters. The van der Waals surface area contributed by atoms with E-state index in [1.165, 1.54) is 12.4 Å². The van der Waals surface area contributed by atoms with Gasteiger partial charge in [0.05, 0.1) is 23.0 Å². The maximum atomic E-state index is 11.1. The van der Waals surface area contributed by atoms with Gasteiger partial charge >= 0.3 is 0 Å². The maximum Gasteiger partial charge on any atom is 0.195 e. The van der Waals surface area contributed by atoms with Gasteiger partial charge in [-0.05, 0) is 25.9 Å². The first-order chi connectivity index (χ1) is 7.49. The fourth-order valence-corrected chi connectivity index (χ4v) is 2.66. The van der Waals surface area contributed by atoms with E-state index < -0.39 is 15.4 Å². The standard InChI is InChI=1S/C10H16N2O3S.ClH/c13-10(1-3-11-4-2-10)9-12-5-7-16(14,15)8-6-12;/h5-8,11,13H,1-4,9H2;1H. The molecule has 1 saturated heterocycles. The molecule has 0 aromatic rings. The molecule has 17 heavy (non-hydrogen) atoms. The van der Waals surface area contributed by atoms with Crippen LogP contribution in [0.1, 0.15) is 12.8 Å². The Morgan fingerprint density at radius 2 is 1.76 bits per heavy atom. The van der Waals surface area contributed by atoms with Crippen LogP contribution in [0, 0.1) is 0 Å². The van der Waals surface area contributed by atoms with Gasteiger partial charge in [0.15, 0.2) is 9.84 Å². The zero-order chi connectivity index (χ0) is 11.6. The van der Waals surface area contributed by atoms with Crippen LogP contribution in [-0.4, -0.2) is 43.7 Å². The number of hydrogen-bond acceptors (Lipinski definition) is 5. The van der Waals surface area contributed by atoms with Gasteiger partial charge in [-0.25, -0.2) is 8.42 Å². The second-order valence-corrected chi connectivity index (χ2v) is 6.03. The number of aliphatic hydroxyl groups is 1. The van der Waals surface area contributed by atoms with Gasteiger partial charge in [-0.15, -0.1) is 12.4 Å². The number of hydrogen-bond donors (Lipinski definition) is 2. The van der Waals surface area contributed by atoms with Crippen LogP contribution in [0.5, 0.6) is 0 Å². The normalized spacial score (nSPS) is 25.4. The van der Waals surface area contributed by atoms with E-state index in [9.17, 15) is 13.5 Å². The summed E-state index contributed by atoms with van der Waals surface area (Å²) in [4.78, 5) is 1.71. The van der Waals surface area contributed by atoms with E-state index in [2.05, 4.69) is 5.32 Å². The highest BCUT2D eigenvalue weighted by molar-refractivity contribution is 7.97. The smallest absolute Gasteiger partial charge is 0.195 e. The second-order valence-electron chi connectivity index (χ2n) is 4.31. The number of nitrogens with one attached hydrogen (secondary N) is 1. The molecule has 0 bridgehead atoms. The van der Waals surface area contributed by atoms with Crippen molar-refractivity contribution >= 4 is 22.2 Å². The quantitative estimate of drug-likeness (QED) is 0.756. The van der Waals surface area contributed by atoms with Crippen LogP contribution in [0.25, 0.3) is 0 Å². The molecular weight excluding hydrogens is 264 g/mol. The predicted molar refractivity (Wildman–Crippen MR) is 68.2 cm³/mol. The summed E-state index contributed by atoms with van der Waals surface area (Å²) in [7, 11) is -3.17. The summed E-state index contributed by atoms with van der Waals surface area (Å²) >= 11 is 0. The molecular formula is C10H17ClN2O3S. The molecule has 0 spiro atoms. The number of halogens is 1. The number of piperidine rings is 1. The van der Waals surface area contributed by atoms with Gasteiger partial charge in [-0.3, -0.25) is 0 Å². The Balaban J connectivity index is 0.00000144. The van der Waals surface area contributed by atoms with Crippen molar-refractivity contribution < 1.29 is 13.5 Å². The third kappa shape index (κ3) is 3.99. The molecule has 2 rings (SSSR count). The average molecular weight is 281 g/mol. The molecule has 0 aliphatic carbocycles. The molecule has 0 atom stereocenters. The van der Waals surface area contributed by atoms with Gasteiger partial charge in [0, 0.05) is 12.4 Å². The predicted octanol–water partition coefficient (Wildman–Crippen LogP) is 0.196. The Bertz CT molecular complexity index is 393. The van der Waals surface area contributed by atoms with Crippen molar-refractivity contribution in [2.45, 2.75) is 18.4 Å². The van der Waals surface area contributed by atoms with Crippen LogP contribution in [0.2, 0.25) is 0 Å². The summed E-state index contributed by atoms with van der Waals surface area (Å²) in [6, 6.07) is 0. The van der Waals surface area contributed by atoms with Crippen LogP contribution in [0.15, 0.2) is 23.2 Å². The first-order valence-corrected chi connectivity index (χ1v) is 6.90. The van der Waals surface area contributed by atoms with E-state index in [1.54, 1.807) is 4.90 Å². The lowest BCUT2D eigenvalue weighted by molar-refractivity contribution is -0.00358. The maximum absolute atomic E-state index is 11.1. The Hall–Kier alpha value is -0.560. The second kappa shape index (κ2) is 5.39. The SMILES string of the molecule is Cl.O=S1(=O)C=CN(CC2(O)CCNCC2)C=C1. The summed E-state index contributed by atoms with van der Waals surface area (Å²) in [5.41, 5.74) is -0.721. The van der Waals surface area contributed by atoms with Crippen molar-refractivity contribution in [2.24, 2.45) is 0 Å². The van der Waals surface area contributed by atoms with E-state index >= 15 is 0 Å². The minimum Gasteiger partial charge on any atom is -0.388 e. The lowest BCUT2D eigenvalue weighted by Crippen LogP contribution is -2.47. The lowest BCUT2D eigenvalue weighted by Gasteiger charge is -2.36. The molecule has 2 N–H and O–H groups in total. The third-order valence-corrected chi connectivity index (χ3v) is 3.90. The third-order valence-electron chi connectivity index (χ3n) is 2.90. The van der Waals surface area contributed by atoms with E-state index in [0.29, 0.717) is 19.4 Å². The van der Waals surface area contributed by atoms with Crippen molar-refractivity contribution in [3.63, 3.8) is 0 Å². The zero-order valence-electron chi connectivity index (χ0n) is 9.37. The topological polar surface area (TPSA) is 69.6 Å². The fourth-order valence-electron chi connectivity index (χ4n) is 1.92. The molecule has 0 amide bonds. The van der Waals surface area contributed by atoms with E-state index in [1.807, 2.05) is 0 Å². The summed E-state index contributed by atoms with van der Waals surface area (Å²) < 4.78 is 22.2. The molecule has 0 saturated carbocycles. The Labute approximate surface area is 108 Å². The van der Waals surface area contributed by atoms with E-state index in [-0.39, 0.29) is 12.4 Å². The molecule has 1 fully saturated rings. The summed E-state index contributed by atoms with van der Waals surface area (Å²) in [6.07, 6.45) is 4.38. The largest absolute Gasteiger partial charge is 0.388 e. The Morgan fingerprint density at radius 3 is 2.29 bits per heavy atom. The molecule has 0 radical (unpaired) electrons. The van der Waals surface area contributed by atoms with Gasteiger partial charge in [0.2, 0.25) is 0 Å². The van der Waals surface area contributed by atoms with Gasteiger partial charge in [-0.1, -0.05) is 0 Å². The Kier molecular flexibility index (Phi) is 4.60. The van der Waals surface area contributed by atoms with Crippen molar-refractivity contribution in [2.75, 3.05) is 19.6 Å². The number of rotatable bonds is 2. The molecule has 2 aliphatic rings. The van der Waals surface area contributed by atoms with Crippen LogP contribution in [-0.2, 0) is 9.84 Å². The minimum atomic E-state index is -3.17. The van der Waals surface area contributed by atoms with Crippen molar-refractivity contribution in [3.8, 4) is 0 Å². The van der Waals surface area contributed by atoms with Crippen molar-refractivity contribution in [3.05, 3.63) is 23.2 Å².